The molecule has 2 fully saturated rings. The molecule has 2 amide bonds. The quantitative estimate of drug-likeness (QED) is 0.768. The van der Waals surface area contributed by atoms with E-state index in [1.165, 1.54) is 11.3 Å². The molecule has 0 aromatic carbocycles. The van der Waals surface area contributed by atoms with Crippen molar-refractivity contribution in [1.29, 1.82) is 0 Å². The molecule has 2 aliphatic heterocycles. The minimum Gasteiger partial charge on any atom is -0.475 e. The summed E-state index contributed by atoms with van der Waals surface area (Å²) in [5.41, 5.74) is 2.05. The largest absolute Gasteiger partial charge is 0.490 e. The van der Waals surface area contributed by atoms with Crippen LogP contribution in [0.1, 0.15) is 33.6 Å². The Labute approximate surface area is 180 Å². The van der Waals surface area contributed by atoms with E-state index in [0.29, 0.717) is 13.0 Å². The molecule has 0 spiro atoms. The Kier molecular flexibility index (Phi) is 6.63. The number of aryl methyl sites for hydroxylation is 1. The number of aromatic nitrogens is 1. The van der Waals surface area contributed by atoms with Crippen molar-refractivity contribution in [3.63, 3.8) is 0 Å². The molecule has 0 unspecified atom stereocenters. The van der Waals surface area contributed by atoms with Gasteiger partial charge in [-0.1, -0.05) is 6.07 Å². The second-order valence-corrected chi connectivity index (χ2v) is 8.16. The number of carbonyl (C=O) groups is 3. The van der Waals surface area contributed by atoms with E-state index in [0.717, 1.165) is 29.0 Å². The Morgan fingerprint density at radius 1 is 1.29 bits per heavy atom. The van der Waals surface area contributed by atoms with Gasteiger partial charge >= 0.3 is 12.1 Å². The molecule has 2 aromatic heterocycles. The van der Waals surface area contributed by atoms with Crippen molar-refractivity contribution in [2.75, 3.05) is 6.54 Å². The standard InChI is InChI=1S/C18H19N3O2S.C2HF3O2/c1-12-5-8-24-17(12)18(23)20-7-4-14-15(20)9-16(22)21(14)11-13-3-2-6-19-10-13;3-2(4,5)1(6)7/h2-3,5-6,8,10,14-15H,4,7,9,11H2,1H3;(H,6,7)/t14-,15+;/m1./s1. The van der Waals surface area contributed by atoms with Crippen LogP contribution in [0.2, 0.25) is 0 Å². The Bertz CT molecular complexity index is 964. The third-order valence-electron chi connectivity index (χ3n) is 5.25. The molecule has 166 valence electrons. The van der Waals surface area contributed by atoms with Crippen molar-refractivity contribution in [3.05, 3.63) is 52.0 Å². The zero-order valence-corrected chi connectivity index (χ0v) is 17.3. The second kappa shape index (κ2) is 9.04. The van der Waals surface area contributed by atoms with Gasteiger partial charge in [-0.3, -0.25) is 14.6 Å². The van der Waals surface area contributed by atoms with Crippen molar-refractivity contribution in [2.24, 2.45) is 0 Å². The summed E-state index contributed by atoms with van der Waals surface area (Å²) in [5.74, 6) is -2.55. The molecule has 4 heterocycles. The molecule has 4 rings (SSSR count). The van der Waals surface area contributed by atoms with E-state index in [4.69, 9.17) is 9.90 Å². The lowest BCUT2D eigenvalue weighted by Crippen LogP contribution is -2.39. The van der Waals surface area contributed by atoms with Crippen LogP contribution in [-0.4, -0.2) is 62.5 Å². The molecule has 11 heteroatoms. The SMILES string of the molecule is Cc1ccsc1C(=O)N1CC[C@@H]2[C@@H]1CC(=O)N2Cc1cccnc1.O=C(O)C(F)(F)F. The van der Waals surface area contributed by atoms with Gasteiger partial charge in [-0.05, 0) is 42.0 Å². The van der Waals surface area contributed by atoms with Crippen LogP contribution in [-0.2, 0) is 16.1 Å². The maximum atomic E-state index is 12.8. The number of thiophene rings is 1. The van der Waals surface area contributed by atoms with Crippen LogP contribution in [0, 0.1) is 6.92 Å². The third kappa shape index (κ3) is 5.04. The van der Waals surface area contributed by atoms with E-state index in [1.54, 1.807) is 12.4 Å². The average molecular weight is 455 g/mol. The number of alkyl halides is 3. The molecule has 2 saturated heterocycles. The number of nitrogens with zero attached hydrogens (tertiary/aromatic N) is 3. The number of aliphatic carboxylic acids is 1. The van der Waals surface area contributed by atoms with Crippen LogP contribution in [0.5, 0.6) is 0 Å². The lowest BCUT2D eigenvalue weighted by Gasteiger charge is -2.25. The number of hydrogen-bond acceptors (Lipinski definition) is 5. The molecule has 7 nitrogen and oxygen atoms in total. The minimum atomic E-state index is -5.08. The highest BCUT2D eigenvalue weighted by atomic mass is 32.1. The molecule has 0 radical (unpaired) electrons. The summed E-state index contributed by atoms with van der Waals surface area (Å²) < 4.78 is 31.7. The average Bonchev–Trinajstić information content (AvgIpc) is 3.39. The third-order valence-corrected chi connectivity index (χ3v) is 6.25. The van der Waals surface area contributed by atoms with E-state index in [9.17, 15) is 22.8 Å². The topological polar surface area (TPSA) is 90.8 Å². The number of fused-ring (bicyclic) bond motifs is 1. The number of carboxylic acid groups (broad SMARTS) is 1. The first-order valence-corrected chi connectivity index (χ1v) is 10.3. The predicted octanol–water partition coefficient (Wildman–Crippen LogP) is 3.10. The minimum absolute atomic E-state index is 0.00294. The van der Waals surface area contributed by atoms with Gasteiger partial charge in [-0.2, -0.15) is 13.2 Å². The monoisotopic (exact) mass is 455 g/mol. The number of amides is 2. The number of hydrogen-bond donors (Lipinski definition) is 1. The smallest absolute Gasteiger partial charge is 0.475 e. The molecule has 1 N–H and O–H groups in total. The number of carbonyl (C=O) groups excluding carboxylic acids is 2. The maximum absolute atomic E-state index is 12.8. The summed E-state index contributed by atoms with van der Waals surface area (Å²) in [6.07, 6.45) is -0.265. The zero-order valence-electron chi connectivity index (χ0n) is 16.5. The van der Waals surface area contributed by atoms with E-state index in [1.807, 2.05) is 40.3 Å². The molecular formula is C20H20F3N3O4S. The first-order chi connectivity index (χ1) is 14.6. The van der Waals surface area contributed by atoms with E-state index in [-0.39, 0.29) is 23.9 Å². The highest BCUT2D eigenvalue weighted by molar-refractivity contribution is 7.12. The highest BCUT2D eigenvalue weighted by Crippen LogP contribution is 2.35. The van der Waals surface area contributed by atoms with Gasteiger partial charge in [0.25, 0.3) is 5.91 Å². The summed E-state index contributed by atoms with van der Waals surface area (Å²) in [6, 6.07) is 5.97. The molecule has 0 saturated carbocycles. The van der Waals surface area contributed by atoms with Gasteiger partial charge in [-0.15, -0.1) is 11.3 Å². The maximum Gasteiger partial charge on any atom is 0.490 e. The molecule has 2 aromatic rings. The molecule has 0 aliphatic carbocycles. The predicted molar refractivity (Wildman–Crippen MR) is 105 cm³/mol. The number of pyridine rings is 1. The van der Waals surface area contributed by atoms with E-state index < -0.39 is 12.1 Å². The van der Waals surface area contributed by atoms with Crippen LogP contribution in [0.3, 0.4) is 0 Å². The van der Waals surface area contributed by atoms with Gasteiger partial charge in [-0.25, -0.2) is 4.79 Å². The first-order valence-electron chi connectivity index (χ1n) is 9.43. The van der Waals surface area contributed by atoms with Gasteiger partial charge in [0.15, 0.2) is 0 Å². The molecule has 31 heavy (non-hydrogen) atoms. The number of rotatable bonds is 3. The van der Waals surface area contributed by atoms with Crippen LogP contribution in [0.15, 0.2) is 36.0 Å². The fraction of sp³-hybridized carbons (Fsp3) is 0.400. The van der Waals surface area contributed by atoms with Crippen LogP contribution >= 0.6 is 11.3 Å². The van der Waals surface area contributed by atoms with E-state index in [2.05, 4.69) is 4.98 Å². The van der Waals surface area contributed by atoms with Gasteiger partial charge in [0.2, 0.25) is 5.91 Å². The van der Waals surface area contributed by atoms with E-state index >= 15 is 0 Å². The van der Waals surface area contributed by atoms with Crippen LogP contribution < -0.4 is 0 Å². The molecule has 2 atom stereocenters. The van der Waals surface area contributed by atoms with Gasteiger partial charge < -0.3 is 14.9 Å². The summed E-state index contributed by atoms with van der Waals surface area (Å²) >= 11 is 1.48. The van der Waals surface area contributed by atoms with Crippen molar-refractivity contribution in [3.8, 4) is 0 Å². The van der Waals surface area contributed by atoms with Crippen LogP contribution in [0.4, 0.5) is 13.2 Å². The van der Waals surface area contributed by atoms with Crippen molar-refractivity contribution in [1.82, 2.24) is 14.8 Å². The zero-order chi connectivity index (χ0) is 22.8. The lowest BCUT2D eigenvalue weighted by molar-refractivity contribution is -0.192. The Balaban J connectivity index is 0.000000339. The summed E-state index contributed by atoms with van der Waals surface area (Å²) in [6.45, 7) is 3.27. The van der Waals surface area contributed by atoms with Crippen molar-refractivity contribution < 1.29 is 32.7 Å². The highest BCUT2D eigenvalue weighted by Gasteiger charge is 2.48. The first kappa shape index (κ1) is 22.7. The molecule has 2 aliphatic rings. The Morgan fingerprint density at radius 2 is 2.00 bits per heavy atom. The van der Waals surface area contributed by atoms with Gasteiger partial charge in [0.05, 0.1) is 17.0 Å². The van der Waals surface area contributed by atoms with Crippen molar-refractivity contribution in [2.45, 2.75) is 44.6 Å². The van der Waals surface area contributed by atoms with Gasteiger partial charge in [0, 0.05) is 31.9 Å². The van der Waals surface area contributed by atoms with Crippen LogP contribution in [0.25, 0.3) is 0 Å². The fourth-order valence-corrected chi connectivity index (χ4v) is 4.68. The lowest BCUT2D eigenvalue weighted by atomic mass is 10.1. The van der Waals surface area contributed by atoms with Gasteiger partial charge in [0.1, 0.15) is 0 Å². The Morgan fingerprint density at radius 3 is 2.55 bits per heavy atom. The number of likely N-dealkylation sites (tertiary alicyclic amines) is 2. The number of carboxylic acids is 1. The second-order valence-electron chi connectivity index (χ2n) is 7.24. The number of halogens is 3. The molecule has 0 bridgehead atoms. The Hall–Kier alpha value is -2.95. The normalized spacial score (nSPS) is 20.3. The van der Waals surface area contributed by atoms with Crippen molar-refractivity contribution >= 4 is 29.1 Å². The molecular weight excluding hydrogens is 435 g/mol. The summed E-state index contributed by atoms with van der Waals surface area (Å²) in [7, 11) is 0. The summed E-state index contributed by atoms with van der Waals surface area (Å²) in [4.78, 5) is 43.0. The summed E-state index contributed by atoms with van der Waals surface area (Å²) in [5, 5.41) is 9.07. The fourth-order valence-electron chi connectivity index (χ4n) is 3.80.